The standard InChI is InChI=1S/C25H28N2O4S/c1-18-9-10-19(2)21(13-18)16-31-24-15-22(11-12-23(24)26-17-32(3,29)30)27-25(28)14-20-7-5-4-6-8-20/h4-13,15,26H,14,16-17H2,1-3H3,(H,27,28). The van der Waals surface area contributed by atoms with Gasteiger partial charge in [0.05, 0.1) is 12.1 Å². The van der Waals surface area contributed by atoms with E-state index in [1.165, 1.54) is 0 Å². The van der Waals surface area contributed by atoms with Gasteiger partial charge in [0, 0.05) is 18.0 Å². The summed E-state index contributed by atoms with van der Waals surface area (Å²) in [7, 11) is -3.22. The van der Waals surface area contributed by atoms with Crippen molar-refractivity contribution in [3.63, 3.8) is 0 Å². The van der Waals surface area contributed by atoms with Gasteiger partial charge in [0.2, 0.25) is 5.91 Å². The summed E-state index contributed by atoms with van der Waals surface area (Å²) in [6.07, 6.45) is 1.42. The van der Waals surface area contributed by atoms with Crippen molar-refractivity contribution in [2.75, 3.05) is 22.8 Å². The minimum Gasteiger partial charge on any atom is -0.487 e. The van der Waals surface area contributed by atoms with Crippen LogP contribution in [-0.4, -0.2) is 26.5 Å². The van der Waals surface area contributed by atoms with E-state index >= 15 is 0 Å². The predicted octanol–water partition coefficient (Wildman–Crippen LogP) is 4.48. The smallest absolute Gasteiger partial charge is 0.228 e. The van der Waals surface area contributed by atoms with Crippen LogP contribution < -0.4 is 15.4 Å². The number of benzene rings is 3. The van der Waals surface area contributed by atoms with Crippen LogP contribution in [0.1, 0.15) is 22.3 Å². The van der Waals surface area contributed by atoms with Gasteiger partial charge in [-0.1, -0.05) is 54.1 Å². The van der Waals surface area contributed by atoms with E-state index in [-0.39, 0.29) is 18.2 Å². The van der Waals surface area contributed by atoms with Crippen LogP contribution in [0.2, 0.25) is 0 Å². The number of carbonyl (C=O) groups is 1. The molecule has 0 atom stereocenters. The van der Waals surface area contributed by atoms with Crippen LogP contribution in [0.5, 0.6) is 5.75 Å². The van der Waals surface area contributed by atoms with Crippen LogP contribution >= 0.6 is 0 Å². The summed E-state index contributed by atoms with van der Waals surface area (Å²) in [5, 5.41) is 5.79. The highest BCUT2D eigenvalue weighted by Gasteiger charge is 2.11. The van der Waals surface area contributed by atoms with Crippen LogP contribution in [-0.2, 0) is 27.7 Å². The maximum Gasteiger partial charge on any atom is 0.228 e. The van der Waals surface area contributed by atoms with E-state index in [2.05, 4.69) is 16.7 Å². The molecule has 0 bridgehead atoms. The number of amides is 1. The second-order valence-corrected chi connectivity index (χ2v) is 10.0. The van der Waals surface area contributed by atoms with Gasteiger partial charge in [-0.25, -0.2) is 8.42 Å². The van der Waals surface area contributed by atoms with Gasteiger partial charge in [-0.15, -0.1) is 0 Å². The fourth-order valence-electron chi connectivity index (χ4n) is 3.17. The maximum atomic E-state index is 12.4. The van der Waals surface area contributed by atoms with Crippen LogP contribution in [0, 0.1) is 13.8 Å². The number of anilines is 2. The van der Waals surface area contributed by atoms with E-state index in [1.54, 1.807) is 18.2 Å². The Bertz CT molecular complexity index is 1190. The molecular formula is C25H28N2O4S. The van der Waals surface area contributed by atoms with E-state index in [4.69, 9.17) is 4.74 Å². The molecule has 0 heterocycles. The number of hydrogen-bond donors (Lipinski definition) is 2. The van der Waals surface area contributed by atoms with Crippen molar-refractivity contribution in [1.82, 2.24) is 0 Å². The third-order valence-electron chi connectivity index (χ3n) is 4.89. The Balaban J connectivity index is 1.78. The van der Waals surface area contributed by atoms with E-state index < -0.39 is 9.84 Å². The zero-order valence-electron chi connectivity index (χ0n) is 18.5. The highest BCUT2D eigenvalue weighted by molar-refractivity contribution is 7.90. The summed E-state index contributed by atoms with van der Waals surface area (Å²) in [5.74, 6) is 0.104. The molecular weight excluding hydrogens is 424 g/mol. The van der Waals surface area contributed by atoms with Crippen molar-refractivity contribution in [3.8, 4) is 5.75 Å². The highest BCUT2D eigenvalue weighted by atomic mass is 32.2. The lowest BCUT2D eigenvalue weighted by Crippen LogP contribution is -2.15. The van der Waals surface area contributed by atoms with Crippen molar-refractivity contribution in [3.05, 3.63) is 89.0 Å². The van der Waals surface area contributed by atoms with E-state index in [9.17, 15) is 13.2 Å². The molecule has 0 aliphatic rings. The first kappa shape index (κ1) is 23.3. The van der Waals surface area contributed by atoms with E-state index in [1.807, 2.05) is 56.3 Å². The average Bonchev–Trinajstić information content (AvgIpc) is 2.73. The van der Waals surface area contributed by atoms with Crippen LogP contribution in [0.3, 0.4) is 0 Å². The molecule has 0 spiro atoms. The van der Waals surface area contributed by atoms with Crippen LogP contribution in [0.4, 0.5) is 11.4 Å². The Morgan fingerprint density at radius 2 is 1.72 bits per heavy atom. The van der Waals surface area contributed by atoms with Crippen LogP contribution in [0.15, 0.2) is 66.7 Å². The lowest BCUT2D eigenvalue weighted by atomic mass is 10.1. The molecule has 0 radical (unpaired) electrons. The second-order valence-electron chi connectivity index (χ2n) is 7.89. The molecule has 0 aliphatic carbocycles. The van der Waals surface area contributed by atoms with Crippen molar-refractivity contribution in [2.45, 2.75) is 26.9 Å². The topological polar surface area (TPSA) is 84.5 Å². The van der Waals surface area contributed by atoms with Gasteiger partial charge in [0.25, 0.3) is 0 Å². The lowest BCUT2D eigenvalue weighted by molar-refractivity contribution is -0.115. The number of ether oxygens (including phenoxy) is 1. The number of rotatable bonds is 9. The lowest BCUT2D eigenvalue weighted by Gasteiger charge is -2.16. The minimum atomic E-state index is -3.22. The number of hydrogen-bond acceptors (Lipinski definition) is 5. The van der Waals surface area contributed by atoms with Gasteiger partial charge in [0.1, 0.15) is 18.2 Å². The zero-order valence-corrected chi connectivity index (χ0v) is 19.3. The Kier molecular flexibility index (Phi) is 7.53. The molecule has 168 valence electrons. The third kappa shape index (κ3) is 7.13. The number of sulfone groups is 1. The van der Waals surface area contributed by atoms with Gasteiger partial charge in [-0.3, -0.25) is 4.79 Å². The molecule has 0 aromatic heterocycles. The fourth-order valence-corrected chi connectivity index (χ4v) is 3.59. The highest BCUT2D eigenvalue weighted by Crippen LogP contribution is 2.30. The van der Waals surface area contributed by atoms with Gasteiger partial charge >= 0.3 is 0 Å². The first-order valence-electron chi connectivity index (χ1n) is 10.3. The molecule has 1 amide bonds. The normalized spacial score (nSPS) is 11.1. The molecule has 0 aliphatic heterocycles. The first-order chi connectivity index (χ1) is 15.2. The van der Waals surface area contributed by atoms with Gasteiger partial charge in [0.15, 0.2) is 9.84 Å². The van der Waals surface area contributed by atoms with Crippen molar-refractivity contribution < 1.29 is 17.9 Å². The Morgan fingerprint density at radius 3 is 2.44 bits per heavy atom. The molecule has 3 aromatic rings. The van der Waals surface area contributed by atoms with Crippen molar-refractivity contribution in [2.24, 2.45) is 0 Å². The van der Waals surface area contributed by atoms with Crippen LogP contribution in [0.25, 0.3) is 0 Å². The summed E-state index contributed by atoms with van der Waals surface area (Å²) >= 11 is 0. The quantitative estimate of drug-likeness (QED) is 0.500. The SMILES string of the molecule is Cc1ccc(C)c(COc2cc(NC(=O)Cc3ccccc3)ccc2NCS(C)(=O)=O)c1. The average molecular weight is 453 g/mol. The monoisotopic (exact) mass is 452 g/mol. The van der Waals surface area contributed by atoms with Crippen molar-refractivity contribution >= 4 is 27.1 Å². The number of carbonyl (C=O) groups excluding carboxylic acids is 1. The zero-order chi connectivity index (χ0) is 23.1. The van der Waals surface area contributed by atoms with Gasteiger partial charge < -0.3 is 15.4 Å². The molecule has 2 N–H and O–H groups in total. The molecule has 0 saturated carbocycles. The summed E-state index contributed by atoms with van der Waals surface area (Å²) in [5.41, 5.74) is 5.31. The minimum absolute atomic E-state index is 0.145. The number of nitrogens with one attached hydrogen (secondary N) is 2. The summed E-state index contributed by atoms with van der Waals surface area (Å²) < 4.78 is 29.3. The number of aryl methyl sites for hydroxylation is 2. The molecule has 7 heteroatoms. The fraction of sp³-hybridized carbons (Fsp3) is 0.240. The summed E-state index contributed by atoms with van der Waals surface area (Å²) in [4.78, 5) is 12.4. The molecule has 3 aromatic carbocycles. The molecule has 0 unspecified atom stereocenters. The molecule has 6 nitrogen and oxygen atoms in total. The van der Waals surface area contributed by atoms with Crippen molar-refractivity contribution in [1.29, 1.82) is 0 Å². The molecule has 32 heavy (non-hydrogen) atoms. The van der Waals surface area contributed by atoms with E-state index in [0.29, 0.717) is 23.7 Å². The second kappa shape index (κ2) is 10.3. The van der Waals surface area contributed by atoms with Gasteiger partial charge in [-0.05, 0) is 42.7 Å². The largest absolute Gasteiger partial charge is 0.487 e. The summed E-state index contributed by atoms with van der Waals surface area (Å²) in [6, 6.07) is 20.8. The predicted molar refractivity (Wildman–Crippen MR) is 129 cm³/mol. The van der Waals surface area contributed by atoms with E-state index in [0.717, 1.165) is 28.5 Å². The third-order valence-corrected chi connectivity index (χ3v) is 5.55. The Labute approximate surface area is 189 Å². The van der Waals surface area contributed by atoms with Gasteiger partial charge in [-0.2, -0.15) is 0 Å². The maximum absolute atomic E-state index is 12.4. The summed E-state index contributed by atoms with van der Waals surface area (Å²) in [6.45, 7) is 4.36. The Morgan fingerprint density at radius 1 is 0.969 bits per heavy atom. The Hall–Kier alpha value is -3.32. The molecule has 3 rings (SSSR count). The first-order valence-corrected chi connectivity index (χ1v) is 12.3. The molecule has 0 fully saturated rings. The molecule has 0 saturated heterocycles.